The molecule has 1 saturated carbocycles. The molecule has 1 unspecified atom stereocenters. The van der Waals surface area contributed by atoms with E-state index >= 15 is 0 Å². The molecule has 22 heteroatoms. The maximum Gasteiger partial charge on any atom is 0.472 e. The van der Waals surface area contributed by atoms with Crippen LogP contribution < -0.4 is 0 Å². The molecule has 0 aliphatic heterocycles. The predicted molar refractivity (Wildman–Crippen MR) is 160 cm³/mol. The van der Waals surface area contributed by atoms with Crippen molar-refractivity contribution in [3.8, 4) is 0 Å². The molecule has 0 heterocycles. The number of carbonyl (C=O) groups is 2. The smallest absolute Gasteiger partial charge is 0.462 e. The highest BCUT2D eigenvalue weighted by Gasteiger charge is 2.56. The molecule has 0 saturated heterocycles. The van der Waals surface area contributed by atoms with Gasteiger partial charge in [-0.05, 0) is 12.8 Å². The zero-order valence-electron chi connectivity index (χ0n) is 26.4. The molecule has 0 aromatic carbocycles. The van der Waals surface area contributed by atoms with Crippen LogP contribution in [0.25, 0.3) is 0 Å². The van der Waals surface area contributed by atoms with Crippen molar-refractivity contribution in [1.29, 1.82) is 0 Å². The van der Waals surface area contributed by atoms with Crippen molar-refractivity contribution >= 4 is 35.4 Å². The van der Waals surface area contributed by atoms with Gasteiger partial charge in [0.05, 0.1) is 6.61 Å². The van der Waals surface area contributed by atoms with Crippen LogP contribution in [-0.4, -0.2) is 108 Å². The Labute approximate surface area is 272 Å². The van der Waals surface area contributed by atoms with Crippen LogP contribution in [-0.2, 0) is 50.9 Å². The van der Waals surface area contributed by atoms with E-state index in [0.717, 1.165) is 51.4 Å². The van der Waals surface area contributed by atoms with Crippen LogP contribution in [0, 0.1) is 0 Å². The maximum absolute atomic E-state index is 12.8. The SMILES string of the molecule is CCCCCCCC(=O)OC[C@@H](COP(=O)(O)O[C@H]1[C@@H](O)[C@@H](O)[C@H](OP(=O)(O)O)[C@@H](OP(=O)(O)O)[C@H]1O)OC(=O)CCCCCCC. The van der Waals surface area contributed by atoms with Crippen LogP contribution in [0.3, 0.4) is 0 Å². The van der Waals surface area contributed by atoms with Gasteiger partial charge >= 0.3 is 35.4 Å². The minimum atomic E-state index is -5.57. The molecule has 0 aromatic rings. The lowest BCUT2D eigenvalue weighted by Crippen LogP contribution is -2.65. The third-order valence-corrected chi connectivity index (χ3v) is 8.94. The summed E-state index contributed by atoms with van der Waals surface area (Å²) in [6, 6.07) is 0. The van der Waals surface area contributed by atoms with Crippen LogP contribution in [0.1, 0.15) is 90.9 Å². The summed E-state index contributed by atoms with van der Waals surface area (Å²) < 4.78 is 64.2. The molecule has 0 radical (unpaired) electrons. The lowest BCUT2D eigenvalue weighted by Gasteiger charge is -2.44. The van der Waals surface area contributed by atoms with E-state index in [1.165, 1.54) is 0 Å². The fraction of sp³-hybridized carbons (Fsp3) is 0.920. The number of unbranched alkanes of at least 4 members (excludes halogenated alkanes) is 8. The molecular weight excluding hydrogens is 697 g/mol. The summed E-state index contributed by atoms with van der Waals surface area (Å²) in [4.78, 5) is 71.6. The summed E-state index contributed by atoms with van der Waals surface area (Å²) in [6.45, 7) is 2.59. The Balaban J connectivity index is 2.98. The molecule has 1 rings (SSSR count). The zero-order chi connectivity index (χ0) is 35.8. The fourth-order valence-electron chi connectivity index (χ4n) is 4.58. The van der Waals surface area contributed by atoms with Gasteiger partial charge in [-0.2, -0.15) is 0 Å². The number of phosphoric ester groups is 3. The highest BCUT2D eigenvalue weighted by atomic mass is 31.2. The Morgan fingerprint density at radius 3 is 1.53 bits per heavy atom. The van der Waals surface area contributed by atoms with E-state index in [0.29, 0.717) is 12.8 Å². The third-order valence-electron chi connectivity index (χ3n) is 6.91. The normalized spacial score (nSPS) is 25.6. The standard InChI is InChI=1S/C25H49O19P3/c1-3-5-7-9-11-13-18(26)39-15-17(41-19(27)14-12-10-8-6-4-2)16-40-47(37,38)44-23-20(28)21(29)24(42-45(31,32)33)25(22(23)30)43-46(34,35)36/h17,20-25,28-30H,3-16H2,1-2H3,(H,37,38)(H2,31,32,33)(H2,34,35,36)/t17-,20-,21+,22-,23-,24-,25-/m0/s1. The van der Waals surface area contributed by atoms with Crippen molar-refractivity contribution < 1.29 is 90.6 Å². The molecule has 0 aromatic heterocycles. The lowest BCUT2D eigenvalue weighted by molar-refractivity contribution is -0.213. The first-order chi connectivity index (χ1) is 21.8. The van der Waals surface area contributed by atoms with Gasteiger partial charge in [0.2, 0.25) is 0 Å². The Morgan fingerprint density at radius 1 is 0.596 bits per heavy atom. The van der Waals surface area contributed by atoms with Gasteiger partial charge in [0.15, 0.2) is 6.10 Å². The number of phosphoric acid groups is 3. The molecule has 0 bridgehead atoms. The molecule has 19 nitrogen and oxygen atoms in total. The van der Waals surface area contributed by atoms with Crippen LogP contribution in [0.4, 0.5) is 0 Å². The van der Waals surface area contributed by atoms with Crippen molar-refractivity contribution in [1.82, 2.24) is 0 Å². The summed E-state index contributed by atoms with van der Waals surface area (Å²) in [5, 5.41) is 31.4. The van der Waals surface area contributed by atoms with E-state index in [2.05, 4.69) is 9.05 Å². The lowest BCUT2D eigenvalue weighted by atomic mass is 9.85. The second-order valence-corrected chi connectivity index (χ2v) is 14.8. The third kappa shape index (κ3) is 18.6. The van der Waals surface area contributed by atoms with Gasteiger partial charge in [0.1, 0.15) is 43.2 Å². The predicted octanol–water partition coefficient (Wildman–Crippen LogP) is 1.72. The molecule has 47 heavy (non-hydrogen) atoms. The highest BCUT2D eigenvalue weighted by Crippen LogP contribution is 2.51. The number of hydrogen-bond acceptors (Lipinski definition) is 14. The number of rotatable bonds is 24. The van der Waals surface area contributed by atoms with Crippen LogP contribution >= 0.6 is 23.5 Å². The number of ether oxygens (including phenoxy) is 2. The van der Waals surface area contributed by atoms with E-state index in [-0.39, 0.29) is 12.8 Å². The Kier molecular flexibility index (Phi) is 20.1. The van der Waals surface area contributed by atoms with E-state index in [1.807, 2.05) is 13.8 Å². The zero-order valence-corrected chi connectivity index (χ0v) is 29.0. The van der Waals surface area contributed by atoms with Gasteiger partial charge in [-0.25, -0.2) is 13.7 Å². The molecule has 8 atom stereocenters. The molecule has 8 N–H and O–H groups in total. The van der Waals surface area contributed by atoms with Crippen LogP contribution in [0.15, 0.2) is 0 Å². The van der Waals surface area contributed by atoms with E-state index < -0.39 is 91.3 Å². The molecule has 0 spiro atoms. The van der Waals surface area contributed by atoms with Crippen LogP contribution in [0.5, 0.6) is 0 Å². The number of carbonyl (C=O) groups excluding carboxylic acids is 2. The summed E-state index contributed by atoms with van der Waals surface area (Å²) in [5.41, 5.74) is 0. The first kappa shape index (κ1) is 44.2. The van der Waals surface area contributed by atoms with E-state index in [1.54, 1.807) is 0 Å². The number of esters is 2. The molecule has 278 valence electrons. The average Bonchev–Trinajstić information content (AvgIpc) is 2.96. The van der Waals surface area contributed by atoms with E-state index in [4.69, 9.17) is 28.3 Å². The van der Waals surface area contributed by atoms with Crippen molar-refractivity contribution in [3.05, 3.63) is 0 Å². The summed E-state index contributed by atoms with van der Waals surface area (Å²) in [5.74, 6) is -1.33. The molecule has 0 amide bonds. The minimum absolute atomic E-state index is 0.00394. The first-order valence-corrected chi connectivity index (χ1v) is 19.9. The number of hydrogen-bond donors (Lipinski definition) is 8. The Morgan fingerprint density at radius 2 is 1.04 bits per heavy atom. The second kappa shape index (κ2) is 21.4. The van der Waals surface area contributed by atoms with Gasteiger partial charge in [-0.15, -0.1) is 0 Å². The van der Waals surface area contributed by atoms with Crippen molar-refractivity contribution in [2.24, 2.45) is 0 Å². The van der Waals surface area contributed by atoms with Gasteiger partial charge in [-0.1, -0.05) is 65.2 Å². The number of aliphatic hydroxyl groups is 3. The molecular formula is C25H49O19P3. The highest BCUT2D eigenvalue weighted by molar-refractivity contribution is 7.47. The number of aliphatic hydroxyl groups excluding tert-OH is 3. The average molecular weight is 747 g/mol. The summed E-state index contributed by atoms with van der Waals surface area (Å²) >= 11 is 0. The molecule has 1 aliphatic carbocycles. The maximum atomic E-state index is 12.8. The quantitative estimate of drug-likeness (QED) is 0.0396. The van der Waals surface area contributed by atoms with Gasteiger partial charge in [0.25, 0.3) is 0 Å². The Bertz CT molecular complexity index is 1080. The van der Waals surface area contributed by atoms with Crippen molar-refractivity contribution in [2.45, 2.75) is 134 Å². The van der Waals surface area contributed by atoms with Crippen molar-refractivity contribution in [2.75, 3.05) is 13.2 Å². The Hall–Kier alpha value is -0.850. The second-order valence-electron chi connectivity index (χ2n) is 11.1. The van der Waals surface area contributed by atoms with Gasteiger partial charge in [-0.3, -0.25) is 27.7 Å². The van der Waals surface area contributed by atoms with Gasteiger partial charge < -0.3 is 49.3 Å². The summed E-state index contributed by atoms with van der Waals surface area (Å²) in [7, 11) is -16.5. The molecule has 1 aliphatic rings. The van der Waals surface area contributed by atoms with E-state index in [9.17, 15) is 53.3 Å². The van der Waals surface area contributed by atoms with Crippen molar-refractivity contribution in [3.63, 3.8) is 0 Å². The largest absolute Gasteiger partial charge is 0.472 e. The monoisotopic (exact) mass is 746 g/mol. The minimum Gasteiger partial charge on any atom is -0.462 e. The van der Waals surface area contributed by atoms with Crippen LogP contribution in [0.2, 0.25) is 0 Å². The molecule has 1 fully saturated rings. The van der Waals surface area contributed by atoms with Gasteiger partial charge in [0, 0.05) is 12.8 Å². The fourth-order valence-corrected chi connectivity index (χ4v) is 6.68. The first-order valence-electron chi connectivity index (χ1n) is 15.3. The topological polar surface area (TPSA) is 303 Å². The summed E-state index contributed by atoms with van der Waals surface area (Å²) in [6.07, 6.45) is -7.79.